The molecule has 0 bridgehead atoms. The summed E-state index contributed by atoms with van der Waals surface area (Å²) in [5, 5.41) is 0.686. The lowest BCUT2D eigenvalue weighted by Gasteiger charge is -2.38. The van der Waals surface area contributed by atoms with E-state index in [2.05, 4.69) is 0 Å². The summed E-state index contributed by atoms with van der Waals surface area (Å²) in [5.41, 5.74) is 0.757. The van der Waals surface area contributed by atoms with Gasteiger partial charge in [-0.15, -0.1) is 0 Å². The van der Waals surface area contributed by atoms with Gasteiger partial charge in [0.05, 0.1) is 5.25 Å². The third-order valence-electron chi connectivity index (χ3n) is 3.76. The van der Waals surface area contributed by atoms with Crippen LogP contribution in [0.5, 0.6) is 0 Å². The Morgan fingerprint density at radius 2 is 1.86 bits per heavy atom. The van der Waals surface area contributed by atoms with Crippen LogP contribution in [0.1, 0.15) is 18.9 Å². The molecule has 0 aliphatic carbocycles. The molecule has 7 heteroatoms. The van der Waals surface area contributed by atoms with Gasteiger partial charge in [-0.05, 0) is 24.1 Å². The largest absolute Gasteiger partial charge is 0.340 e. The van der Waals surface area contributed by atoms with Crippen LogP contribution < -0.4 is 0 Å². The Kier molecular flexibility index (Phi) is 5.17. The fourth-order valence-electron chi connectivity index (χ4n) is 2.27. The van der Waals surface area contributed by atoms with Crippen molar-refractivity contribution < 1.29 is 13.2 Å². The molecule has 1 aromatic carbocycles. The van der Waals surface area contributed by atoms with Crippen LogP contribution in [0, 0.1) is 0 Å². The van der Waals surface area contributed by atoms with E-state index in [4.69, 9.17) is 23.2 Å². The Morgan fingerprint density at radius 3 is 2.38 bits per heavy atom. The van der Waals surface area contributed by atoms with Crippen molar-refractivity contribution in [1.29, 1.82) is 0 Å². The van der Waals surface area contributed by atoms with Crippen molar-refractivity contribution in [2.24, 2.45) is 0 Å². The summed E-state index contributed by atoms with van der Waals surface area (Å²) < 4.78 is 23.3. The Labute approximate surface area is 134 Å². The molecule has 1 aliphatic rings. The standard InChI is InChI=1S/C14H17Cl2NO3S/c1-2-21(19,20)10-8-17(9-10)14(18)7-6-11-12(15)4-3-5-13(11)16/h3-5,10H,2,6-9H2,1H3. The first-order chi connectivity index (χ1) is 9.85. The molecule has 0 spiro atoms. The van der Waals surface area contributed by atoms with Crippen LogP contribution in [0.2, 0.25) is 10.0 Å². The summed E-state index contributed by atoms with van der Waals surface area (Å²) in [6.07, 6.45) is 0.737. The Balaban J connectivity index is 1.88. The van der Waals surface area contributed by atoms with E-state index in [0.29, 0.717) is 29.6 Å². The number of hydrogen-bond acceptors (Lipinski definition) is 3. The summed E-state index contributed by atoms with van der Waals surface area (Å²) >= 11 is 12.1. The highest BCUT2D eigenvalue weighted by Gasteiger charge is 2.38. The maximum Gasteiger partial charge on any atom is 0.222 e. The number of sulfone groups is 1. The number of rotatable bonds is 5. The monoisotopic (exact) mass is 349 g/mol. The first-order valence-electron chi connectivity index (χ1n) is 6.77. The van der Waals surface area contributed by atoms with Gasteiger partial charge in [0.1, 0.15) is 0 Å². The van der Waals surface area contributed by atoms with Crippen LogP contribution in [-0.2, 0) is 21.1 Å². The van der Waals surface area contributed by atoms with Gasteiger partial charge in [0.15, 0.2) is 9.84 Å². The third-order valence-corrected chi connectivity index (χ3v) is 6.59. The number of hydrogen-bond donors (Lipinski definition) is 0. The van der Waals surface area contributed by atoms with Crippen LogP contribution >= 0.6 is 23.2 Å². The molecular weight excluding hydrogens is 333 g/mol. The predicted molar refractivity (Wildman–Crippen MR) is 84.6 cm³/mol. The minimum atomic E-state index is -3.04. The topological polar surface area (TPSA) is 54.5 Å². The van der Waals surface area contributed by atoms with Gasteiger partial charge in [0.2, 0.25) is 5.91 Å². The summed E-state index contributed by atoms with van der Waals surface area (Å²) in [7, 11) is -3.04. The highest BCUT2D eigenvalue weighted by Crippen LogP contribution is 2.26. The molecule has 1 fully saturated rings. The van der Waals surface area contributed by atoms with E-state index in [1.165, 1.54) is 0 Å². The van der Waals surface area contributed by atoms with Crippen LogP contribution in [0.15, 0.2) is 18.2 Å². The number of carbonyl (C=O) groups is 1. The normalized spacial score (nSPS) is 15.9. The first kappa shape index (κ1) is 16.6. The van der Waals surface area contributed by atoms with Crippen molar-refractivity contribution in [2.45, 2.75) is 25.0 Å². The number of benzene rings is 1. The molecule has 1 heterocycles. The molecule has 1 aliphatic heterocycles. The lowest BCUT2D eigenvalue weighted by Crippen LogP contribution is -2.57. The highest BCUT2D eigenvalue weighted by atomic mass is 35.5. The van der Waals surface area contributed by atoms with E-state index in [-0.39, 0.29) is 18.1 Å². The number of likely N-dealkylation sites (tertiary alicyclic amines) is 1. The SMILES string of the molecule is CCS(=O)(=O)C1CN(C(=O)CCc2c(Cl)cccc2Cl)C1. The lowest BCUT2D eigenvalue weighted by molar-refractivity contribution is -0.134. The maximum absolute atomic E-state index is 12.0. The Morgan fingerprint density at radius 1 is 1.29 bits per heavy atom. The van der Waals surface area contributed by atoms with Crippen molar-refractivity contribution >= 4 is 38.9 Å². The maximum atomic E-state index is 12.0. The minimum absolute atomic E-state index is 0.0615. The summed E-state index contributed by atoms with van der Waals surface area (Å²) in [6.45, 7) is 2.22. The van der Waals surface area contributed by atoms with Crippen molar-refractivity contribution in [1.82, 2.24) is 4.90 Å². The smallest absolute Gasteiger partial charge is 0.222 e. The fourth-order valence-corrected chi connectivity index (χ4v) is 4.14. The second-order valence-electron chi connectivity index (χ2n) is 5.07. The van der Waals surface area contributed by atoms with E-state index in [0.717, 1.165) is 5.56 Å². The molecule has 0 aromatic heterocycles. The van der Waals surface area contributed by atoms with Gasteiger partial charge in [0, 0.05) is 35.3 Å². The summed E-state index contributed by atoms with van der Waals surface area (Å²) in [6, 6.07) is 5.23. The van der Waals surface area contributed by atoms with E-state index in [1.54, 1.807) is 30.0 Å². The van der Waals surface area contributed by atoms with Crippen LogP contribution in [-0.4, -0.2) is 43.3 Å². The summed E-state index contributed by atoms with van der Waals surface area (Å²) in [5.74, 6) is 0.0584. The van der Waals surface area contributed by atoms with Gasteiger partial charge in [-0.1, -0.05) is 36.2 Å². The van der Waals surface area contributed by atoms with E-state index >= 15 is 0 Å². The van der Waals surface area contributed by atoms with Crippen LogP contribution in [0.25, 0.3) is 0 Å². The zero-order valence-corrected chi connectivity index (χ0v) is 14.0. The molecule has 1 amide bonds. The van der Waals surface area contributed by atoms with Crippen molar-refractivity contribution in [3.05, 3.63) is 33.8 Å². The first-order valence-corrected chi connectivity index (χ1v) is 9.24. The number of halogens is 2. The molecule has 2 rings (SSSR count). The van der Waals surface area contributed by atoms with Gasteiger partial charge < -0.3 is 4.90 Å². The minimum Gasteiger partial charge on any atom is -0.340 e. The number of nitrogens with zero attached hydrogens (tertiary/aromatic N) is 1. The van der Waals surface area contributed by atoms with E-state index < -0.39 is 15.1 Å². The second kappa shape index (κ2) is 6.55. The molecule has 21 heavy (non-hydrogen) atoms. The van der Waals surface area contributed by atoms with Gasteiger partial charge >= 0.3 is 0 Å². The van der Waals surface area contributed by atoms with Crippen LogP contribution in [0.4, 0.5) is 0 Å². The molecule has 4 nitrogen and oxygen atoms in total. The van der Waals surface area contributed by atoms with Crippen LogP contribution in [0.3, 0.4) is 0 Å². The zero-order valence-electron chi connectivity index (χ0n) is 11.7. The lowest BCUT2D eigenvalue weighted by atomic mass is 10.1. The third kappa shape index (κ3) is 3.71. The van der Waals surface area contributed by atoms with E-state index in [9.17, 15) is 13.2 Å². The van der Waals surface area contributed by atoms with Gasteiger partial charge in [-0.2, -0.15) is 0 Å². The number of carbonyl (C=O) groups excluding carboxylic acids is 1. The second-order valence-corrected chi connectivity index (χ2v) is 8.46. The molecule has 0 unspecified atom stereocenters. The summed E-state index contributed by atoms with van der Waals surface area (Å²) in [4.78, 5) is 13.6. The molecule has 0 atom stereocenters. The van der Waals surface area contributed by atoms with E-state index in [1.807, 2.05) is 0 Å². The van der Waals surface area contributed by atoms with Gasteiger partial charge in [0.25, 0.3) is 0 Å². The highest BCUT2D eigenvalue weighted by molar-refractivity contribution is 7.92. The Hall–Kier alpha value is -0.780. The zero-order chi connectivity index (χ0) is 15.6. The molecule has 1 saturated heterocycles. The predicted octanol–water partition coefficient (Wildman–Crippen LogP) is 2.57. The van der Waals surface area contributed by atoms with Crippen molar-refractivity contribution in [3.8, 4) is 0 Å². The number of amides is 1. The molecular formula is C14H17Cl2NO3S. The quantitative estimate of drug-likeness (QED) is 0.820. The average Bonchev–Trinajstić information content (AvgIpc) is 2.36. The molecule has 1 aromatic rings. The fraction of sp³-hybridized carbons (Fsp3) is 0.500. The van der Waals surface area contributed by atoms with Gasteiger partial charge in [-0.25, -0.2) is 8.42 Å². The molecule has 116 valence electrons. The van der Waals surface area contributed by atoms with Crippen molar-refractivity contribution in [3.63, 3.8) is 0 Å². The van der Waals surface area contributed by atoms with Crippen molar-refractivity contribution in [2.75, 3.05) is 18.8 Å². The average molecular weight is 350 g/mol. The molecule has 0 N–H and O–H groups in total. The molecule has 0 radical (unpaired) electrons. The Bertz CT molecular complexity index is 619. The molecule has 0 saturated carbocycles. The van der Waals surface area contributed by atoms with Gasteiger partial charge in [-0.3, -0.25) is 4.79 Å².